The van der Waals surface area contributed by atoms with Crippen molar-refractivity contribution in [1.82, 2.24) is 20.9 Å². The van der Waals surface area contributed by atoms with Gasteiger partial charge in [-0.2, -0.15) is 0 Å². The maximum Gasteiger partial charge on any atom is 0.255 e. The van der Waals surface area contributed by atoms with E-state index in [9.17, 15) is 19.2 Å². The maximum absolute atomic E-state index is 13.2. The number of benzene rings is 2. The lowest BCUT2D eigenvalue weighted by Gasteiger charge is -2.28. The van der Waals surface area contributed by atoms with Gasteiger partial charge >= 0.3 is 0 Å². The number of carbonyl (C=O) groups excluding carboxylic acids is 4. The van der Waals surface area contributed by atoms with Crippen molar-refractivity contribution < 1.29 is 33.4 Å². The van der Waals surface area contributed by atoms with Crippen molar-refractivity contribution in [2.75, 3.05) is 40.0 Å². The minimum absolute atomic E-state index is 0.148. The quantitative estimate of drug-likeness (QED) is 0.509. The fourth-order valence-electron chi connectivity index (χ4n) is 4.49. The summed E-state index contributed by atoms with van der Waals surface area (Å²) in [6.07, 6.45) is 0.160. The summed E-state index contributed by atoms with van der Waals surface area (Å²) in [7, 11) is 1.63. The Balaban J connectivity index is 1.50. The van der Waals surface area contributed by atoms with Crippen LogP contribution in [0.15, 0.2) is 42.5 Å². The van der Waals surface area contributed by atoms with Gasteiger partial charge in [0.2, 0.25) is 17.7 Å². The number of hydrogen-bond acceptors (Lipinski definition) is 7. The molecule has 2 aromatic carbocycles. The van der Waals surface area contributed by atoms with E-state index in [1.807, 2.05) is 32.0 Å². The lowest BCUT2D eigenvalue weighted by molar-refractivity contribution is -0.137. The number of nitrogens with one attached hydrogen (secondary N) is 3. The maximum atomic E-state index is 13.2. The Morgan fingerprint density at radius 1 is 0.975 bits per heavy atom. The van der Waals surface area contributed by atoms with E-state index in [1.54, 1.807) is 31.3 Å². The van der Waals surface area contributed by atoms with E-state index >= 15 is 0 Å². The summed E-state index contributed by atoms with van der Waals surface area (Å²) >= 11 is 0. The van der Waals surface area contributed by atoms with Crippen molar-refractivity contribution in [3.8, 4) is 17.2 Å². The van der Waals surface area contributed by atoms with Gasteiger partial charge in [-0.25, -0.2) is 0 Å². The van der Waals surface area contributed by atoms with Crippen LogP contribution >= 0.6 is 0 Å². The minimum Gasteiger partial charge on any atom is -0.491 e. The average molecular weight is 553 g/mol. The van der Waals surface area contributed by atoms with E-state index in [0.29, 0.717) is 36.9 Å². The molecular weight excluding hydrogens is 516 g/mol. The number of amides is 4. The summed E-state index contributed by atoms with van der Waals surface area (Å²) in [5, 5.41) is 8.26. The molecular formula is C29H36N4O7. The highest BCUT2D eigenvalue weighted by Crippen LogP contribution is 2.30. The minimum atomic E-state index is -1.18. The standard InChI is InChI=1S/C29H36N4O7/c1-18(2)26-29(37)33(3)12-13-38-22-7-5-4-6-20(22)27(35)31-21(17-25(34)32-26)28(36)30-11-10-19-8-9-23-24(16-19)40-15-14-39-23/h4-9,16,18,21,26H,10-15,17H2,1-3H3,(H,30,36)(H,31,35)(H,32,34)/t21-,26+/m0/s1. The van der Waals surface area contributed by atoms with E-state index in [1.165, 1.54) is 4.90 Å². The van der Waals surface area contributed by atoms with Crippen molar-refractivity contribution in [3.63, 3.8) is 0 Å². The SMILES string of the molecule is CC(C)[C@H]1NC(=O)C[C@@H](C(=O)NCCc2ccc3c(c2)OCCO3)NC(=O)c2ccccc2OCCN(C)C1=O. The van der Waals surface area contributed by atoms with Gasteiger partial charge in [-0.05, 0) is 42.2 Å². The number of carbonyl (C=O) groups is 4. The van der Waals surface area contributed by atoms with Gasteiger partial charge in [-0.1, -0.05) is 32.0 Å². The zero-order valence-electron chi connectivity index (χ0n) is 23.0. The van der Waals surface area contributed by atoms with E-state index in [2.05, 4.69) is 16.0 Å². The second-order valence-electron chi connectivity index (χ2n) is 10.1. The third kappa shape index (κ3) is 7.22. The summed E-state index contributed by atoms with van der Waals surface area (Å²) in [4.78, 5) is 54.1. The van der Waals surface area contributed by atoms with Crippen LogP contribution < -0.4 is 30.2 Å². The number of nitrogens with zero attached hydrogens (tertiary/aromatic N) is 1. The van der Waals surface area contributed by atoms with Crippen molar-refractivity contribution in [1.29, 1.82) is 0 Å². The molecule has 0 unspecified atom stereocenters. The molecule has 0 aromatic heterocycles. The van der Waals surface area contributed by atoms with Gasteiger partial charge in [0, 0.05) is 13.6 Å². The Morgan fingerprint density at radius 2 is 1.70 bits per heavy atom. The van der Waals surface area contributed by atoms with Crippen molar-refractivity contribution in [2.45, 2.75) is 38.8 Å². The first-order valence-electron chi connectivity index (χ1n) is 13.5. The molecule has 11 heteroatoms. The number of hydrogen-bond donors (Lipinski definition) is 3. The van der Waals surface area contributed by atoms with Crippen LogP contribution in [0.3, 0.4) is 0 Å². The molecule has 0 radical (unpaired) electrons. The predicted molar refractivity (Wildman–Crippen MR) is 146 cm³/mol. The number of likely N-dealkylation sites (N-methyl/N-ethyl adjacent to an activating group) is 1. The Labute approximate surface area is 233 Å². The van der Waals surface area contributed by atoms with Crippen molar-refractivity contribution in [2.24, 2.45) is 5.92 Å². The van der Waals surface area contributed by atoms with Gasteiger partial charge in [-0.3, -0.25) is 19.2 Å². The van der Waals surface area contributed by atoms with Gasteiger partial charge in [0.05, 0.1) is 18.5 Å². The van der Waals surface area contributed by atoms with Crippen LogP contribution in [0.5, 0.6) is 17.2 Å². The molecule has 2 aliphatic heterocycles. The highest BCUT2D eigenvalue weighted by atomic mass is 16.6. The molecule has 2 aromatic rings. The van der Waals surface area contributed by atoms with Gasteiger partial charge in [0.1, 0.15) is 37.7 Å². The normalized spacial score (nSPS) is 20.0. The molecule has 11 nitrogen and oxygen atoms in total. The fraction of sp³-hybridized carbons (Fsp3) is 0.448. The summed E-state index contributed by atoms with van der Waals surface area (Å²) in [5.41, 5.74) is 1.16. The van der Waals surface area contributed by atoms with Crippen LogP contribution in [0.2, 0.25) is 0 Å². The number of rotatable bonds is 5. The molecule has 2 heterocycles. The zero-order valence-corrected chi connectivity index (χ0v) is 23.0. The second-order valence-corrected chi connectivity index (χ2v) is 10.1. The highest BCUT2D eigenvalue weighted by molar-refractivity contribution is 6.01. The first-order valence-corrected chi connectivity index (χ1v) is 13.5. The van der Waals surface area contributed by atoms with Crippen molar-refractivity contribution in [3.05, 3.63) is 53.6 Å². The second kappa shape index (κ2) is 13.2. The topological polar surface area (TPSA) is 135 Å². The van der Waals surface area contributed by atoms with E-state index in [0.717, 1.165) is 5.56 Å². The summed E-state index contributed by atoms with van der Waals surface area (Å²) in [5.74, 6) is -0.377. The molecule has 40 heavy (non-hydrogen) atoms. The average Bonchev–Trinajstić information content (AvgIpc) is 2.94. The van der Waals surface area contributed by atoms with Gasteiger partial charge in [-0.15, -0.1) is 0 Å². The van der Waals surface area contributed by atoms with Crippen LogP contribution in [0.25, 0.3) is 0 Å². The molecule has 4 rings (SSSR count). The summed E-state index contributed by atoms with van der Waals surface area (Å²) in [6.45, 7) is 5.32. The molecule has 0 saturated heterocycles. The first kappa shape index (κ1) is 28.7. The Kier molecular flexibility index (Phi) is 9.47. The van der Waals surface area contributed by atoms with Crippen LogP contribution in [0.4, 0.5) is 0 Å². The fourth-order valence-corrected chi connectivity index (χ4v) is 4.49. The number of ether oxygens (including phenoxy) is 3. The molecule has 2 aliphatic rings. The lowest BCUT2D eigenvalue weighted by Crippen LogP contribution is -2.54. The van der Waals surface area contributed by atoms with E-state index < -0.39 is 29.8 Å². The van der Waals surface area contributed by atoms with Crippen LogP contribution in [0.1, 0.15) is 36.2 Å². The summed E-state index contributed by atoms with van der Waals surface area (Å²) < 4.78 is 17.0. The zero-order chi connectivity index (χ0) is 28.6. The molecule has 3 N–H and O–H groups in total. The monoisotopic (exact) mass is 552 g/mol. The molecule has 2 atom stereocenters. The number of fused-ring (bicyclic) bond motifs is 2. The van der Waals surface area contributed by atoms with Crippen molar-refractivity contribution >= 4 is 23.6 Å². The van der Waals surface area contributed by atoms with Crippen LogP contribution in [0, 0.1) is 5.92 Å². The molecule has 0 fully saturated rings. The molecule has 0 bridgehead atoms. The highest BCUT2D eigenvalue weighted by Gasteiger charge is 2.31. The first-order chi connectivity index (χ1) is 19.2. The van der Waals surface area contributed by atoms with E-state index in [4.69, 9.17) is 14.2 Å². The lowest BCUT2D eigenvalue weighted by atomic mass is 10.0. The third-order valence-electron chi connectivity index (χ3n) is 6.77. The van der Waals surface area contributed by atoms with Gasteiger partial charge < -0.3 is 35.1 Å². The Bertz CT molecular complexity index is 1250. The van der Waals surface area contributed by atoms with Crippen LogP contribution in [-0.2, 0) is 20.8 Å². The van der Waals surface area contributed by atoms with E-state index in [-0.39, 0.29) is 43.5 Å². The third-order valence-corrected chi connectivity index (χ3v) is 6.77. The van der Waals surface area contributed by atoms with Gasteiger partial charge in [0.25, 0.3) is 5.91 Å². The predicted octanol–water partition coefficient (Wildman–Crippen LogP) is 1.30. The molecule has 4 amide bonds. The Morgan fingerprint density at radius 3 is 2.48 bits per heavy atom. The molecule has 0 aliphatic carbocycles. The van der Waals surface area contributed by atoms with Crippen LogP contribution in [-0.4, -0.2) is 80.6 Å². The smallest absolute Gasteiger partial charge is 0.255 e. The molecule has 214 valence electrons. The summed E-state index contributed by atoms with van der Waals surface area (Å²) in [6, 6.07) is 10.3. The molecule has 0 spiro atoms. The Hall–Kier alpha value is -4.28. The molecule has 0 saturated carbocycles. The van der Waals surface area contributed by atoms with Gasteiger partial charge in [0.15, 0.2) is 11.5 Å². The number of para-hydroxylation sites is 1. The largest absolute Gasteiger partial charge is 0.491 e.